The number of hydrogen-bond donors (Lipinski definition) is 2. The van der Waals surface area contributed by atoms with E-state index in [0.29, 0.717) is 0 Å². The predicted octanol–water partition coefficient (Wildman–Crippen LogP) is 1.42. The van der Waals surface area contributed by atoms with Gasteiger partial charge in [0, 0.05) is 19.1 Å². The van der Waals surface area contributed by atoms with Crippen LogP contribution in [0.25, 0.3) is 10.8 Å². The van der Waals surface area contributed by atoms with Gasteiger partial charge in [-0.2, -0.15) is 0 Å². The van der Waals surface area contributed by atoms with Gasteiger partial charge in [-0.3, -0.25) is 14.4 Å². The normalized spacial score (nSPS) is 11.4. The van der Waals surface area contributed by atoms with Crippen LogP contribution in [0.3, 0.4) is 0 Å². The highest BCUT2D eigenvalue weighted by atomic mass is 32.2. The van der Waals surface area contributed by atoms with Crippen LogP contribution >= 0.6 is 0 Å². The molecular weight excluding hydrogens is 434 g/mol. The van der Waals surface area contributed by atoms with Crippen LogP contribution in [0.5, 0.6) is 0 Å². The van der Waals surface area contributed by atoms with Crippen molar-refractivity contribution in [1.82, 2.24) is 14.9 Å². The monoisotopic (exact) mass is 463 g/mol. The van der Waals surface area contributed by atoms with Crippen LogP contribution in [-0.2, 0) is 29.1 Å². The van der Waals surface area contributed by atoms with Crippen LogP contribution in [0.2, 0.25) is 0 Å². The molecule has 0 aliphatic carbocycles. The van der Waals surface area contributed by atoms with E-state index in [4.69, 9.17) is 4.74 Å². The number of sulfonamides is 1. The molecule has 0 radical (unpaired) electrons. The molecule has 0 aliphatic rings. The lowest BCUT2D eigenvalue weighted by Gasteiger charge is -2.21. The minimum atomic E-state index is -3.80. The summed E-state index contributed by atoms with van der Waals surface area (Å²) in [6.45, 7) is 4.81. The van der Waals surface area contributed by atoms with Crippen molar-refractivity contribution in [1.29, 1.82) is 0 Å². The SMILES string of the molecule is CCN(CC(=O)NC(C)C)C(=O)COC(=O)CCNS(=O)(=O)c1ccc2ccccc2c1. The smallest absolute Gasteiger partial charge is 0.307 e. The Morgan fingerprint density at radius 3 is 2.41 bits per heavy atom. The summed E-state index contributed by atoms with van der Waals surface area (Å²) < 4.78 is 32.2. The highest BCUT2D eigenvalue weighted by molar-refractivity contribution is 7.89. The van der Waals surface area contributed by atoms with Crippen LogP contribution < -0.4 is 10.0 Å². The summed E-state index contributed by atoms with van der Waals surface area (Å²) in [6.07, 6.45) is -0.236. The van der Waals surface area contributed by atoms with Gasteiger partial charge in [0.1, 0.15) is 0 Å². The number of likely N-dealkylation sites (N-methyl/N-ethyl adjacent to an activating group) is 1. The van der Waals surface area contributed by atoms with Gasteiger partial charge in [0.25, 0.3) is 5.91 Å². The summed E-state index contributed by atoms with van der Waals surface area (Å²) in [5.74, 6) is -1.52. The molecule has 0 saturated heterocycles. The van der Waals surface area contributed by atoms with E-state index in [1.807, 2.05) is 38.1 Å². The van der Waals surface area contributed by atoms with E-state index in [2.05, 4.69) is 10.0 Å². The maximum Gasteiger partial charge on any atom is 0.307 e. The second kappa shape index (κ2) is 11.6. The van der Waals surface area contributed by atoms with E-state index in [1.54, 1.807) is 19.1 Å². The summed E-state index contributed by atoms with van der Waals surface area (Å²) in [5.41, 5.74) is 0. The van der Waals surface area contributed by atoms with E-state index in [0.717, 1.165) is 10.8 Å². The Kier molecular flexibility index (Phi) is 9.15. The van der Waals surface area contributed by atoms with Gasteiger partial charge in [-0.05, 0) is 43.7 Å². The minimum Gasteiger partial charge on any atom is -0.456 e. The Morgan fingerprint density at radius 2 is 1.75 bits per heavy atom. The molecule has 174 valence electrons. The van der Waals surface area contributed by atoms with Gasteiger partial charge in [-0.1, -0.05) is 30.3 Å². The van der Waals surface area contributed by atoms with E-state index >= 15 is 0 Å². The molecule has 0 fully saturated rings. The number of benzene rings is 2. The molecule has 0 aliphatic heterocycles. The summed E-state index contributed by atoms with van der Waals surface area (Å²) >= 11 is 0. The second-order valence-corrected chi connectivity index (χ2v) is 9.21. The molecule has 0 spiro atoms. The fourth-order valence-corrected chi connectivity index (χ4v) is 4.00. The average Bonchev–Trinajstić information content (AvgIpc) is 2.74. The van der Waals surface area contributed by atoms with Crippen LogP contribution in [0.4, 0.5) is 0 Å². The molecule has 0 bridgehead atoms. The van der Waals surface area contributed by atoms with Gasteiger partial charge in [-0.15, -0.1) is 0 Å². The summed E-state index contributed by atoms with van der Waals surface area (Å²) in [5, 5.41) is 4.39. The van der Waals surface area contributed by atoms with E-state index in [9.17, 15) is 22.8 Å². The maximum absolute atomic E-state index is 12.5. The zero-order chi connectivity index (χ0) is 23.7. The number of nitrogens with one attached hydrogen (secondary N) is 2. The van der Waals surface area contributed by atoms with Crippen molar-refractivity contribution in [3.05, 3.63) is 42.5 Å². The molecule has 0 saturated carbocycles. The standard InChI is InChI=1S/C22H29N3O6S/c1-4-25(14-20(26)24-16(2)3)21(27)15-31-22(28)11-12-23-32(29,30)19-10-9-17-7-5-6-8-18(17)13-19/h5-10,13,16,23H,4,11-12,14-15H2,1-3H3,(H,24,26). The predicted molar refractivity (Wildman–Crippen MR) is 120 cm³/mol. The second-order valence-electron chi connectivity index (χ2n) is 7.45. The van der Waals surface area contributed by atoms with Crippen molar-refractivity contribution in [2.24, 2.45) is 0 Å². The van der Waals surface area contributed by atoms with Crippen molar-refractivity contribution in [2.75, 3.05) is 26.2 Å². The van der Waals surface area contributed by atoms with Gasteiger partial charge in [0.15, 0.2) is 6.61 Å². The number of ether oxygens (including phenoxy) is 1. The third kappa shape index (κ3) is 7.61. The molecule has 0 atom stereocenters. The molecule has 32 heavy (non-hydrogen) atoms. The Morgan fingerprint density at radius 1 is 1.06 bits per heavy atom. The minimum absolute atomic E-state index is 0.0486. The van der Waals surface area contributed by atoms with Crippen molar-refractivity contribution in [3.8, 4) is 0 Å². The number of hydrogen-bond acceptors (Lipinski definition) is 6. The molecule has 2 rings (SSSR count). The molecule has 2 aromatic rings. The van der Waals surface area contributed by atoms with Crippen LogP contribution in [0.1, 0.15) is 27.2 Å². The fraction of sp³-hybridized carbons (Fsp3) is 0.409. The molecule has 2 aromatic carbocycles. The first-order valence-electron chi connectivity index (χ1n) is 10.3. The molecule has 2 N–H and O–H groups in total. The Balaban J connectivity index is 1.80. The topological polar surface area (TPSA) is 122 Å². The van der Waals surface area contributed by atoms with Gasteiger partial charge in [0.05, 0.1) is 17.9 Å². The van der Waals surface area contributed by atoms with Crippen molar-refractivity contribution in [2.45, 2.75) is 38.1 Å². The van der Waals surface area contributed by atoms with Crippen LogP contribution in [-0.4, -0.2) is 63.4 Å². The van der Waals surface area contributed by atoms with Gasteiger partial charge < -0.3 is 15.0 Å². The molecule has 9 nitrogen and oxygen atoms in total. The van der Waals surface area contributed by atoms with Gasteiger partial charge in [-0.25, -0.2) is 13.1 Å². The summed E-state index contributed by atoms with van der Waals surface area (Å²) in [7, 11) is -3.80. The van der Waals surface area contributed by atoms with Crippen LogP contribution in [0, 0.1) is 0 Å². The summed E-state index contributed by atoms with van der Waals surface area (Å²) in [6, 6.07) is 12.1. The molecule has 0 unspecified atom stereocenters. The zero-order valence-electron chi connectivity index (χ0n) is 18.5. The van der Waals surface area contributed by atoms with Crippen molar-refractivity contribution < 1.29 is 27.5 Å². The molecular formula is C22H29N3O6S. The Labute approximate surface area is 188 Å². The zero-order valence-corrected chi connectivity index (χ0v) is 19.3. The first-order chi connectivity index (χ1) is 15.1. The van der Waals surface area contributed by atoms with E-state index in [1.165, 1.54) is 11.0 Å². The number of nitrogens with zero attached hydrogens (tertiary/aromatic N) is 1. The number of fused-ring (bicyclic) bond motifs is 1. The lowest BCUT2D eigenvalue weighted by atomic mass is 10.1. The highest BCUT2D eigenvalue weighted by Gasteiger charge is 2.19. The molecule has 0 heterocycles. The van der Waals surface area contributed by atoms with Crippen molar-refractivity contribution in [3.63, 3.8) is 0 Å². The first kappa shape index (κ1) is 25.3. The average molecular weight is 464 g/mol. The third-order valence-electron chi connectivity index (χ3n) is 4.53. The quantitative estimate of drug-likeness (QED) is 0.486. The van der Waals surface area contributed by atoms with E-state index < -0.39 is 28.5 Å². The number of esters is 1. The highest BCUT2D eigenvalue weighted by Crippen LogP contribution is 2.18. The third-order valence-corrected chi connectivity index (χ3v) is 5.99. The summed E-state index contributed by atoms with van der Waals surface area (Å²) in [4.78, 5) is 37.3. The Bertz CT molecular complexity index is 1070. The lowest BCUT2D eigenvalue weighted by molar-refractivity contribution is -0.152. The maximum atomic E-state index is 12.5. The largest absolute Gasteiger partial charge is 0.456 e. The number of rotatable bonds is 11. The number of carbonyl (C=O) groups is 3. The van der Waals surface area contributed by atoms with Gasteiger partial charge in [0.2, 0.25) is 15.9 Å². The lowest BCUT2D eigenvalue weighted by Crippen LogP contribution is -2.44. The molecule has 2 amide bonds. The molecule has 0 aromatic heterocycles. The number of amides is 2. The van der Waals surface area contributed by atoms with Gasteiger partial charge >= 0.3 is 5.97 Å². The molecule has 10 heteroatoms. The van der Waals surface area contributed by atoms with E-state index in [-0.39, 0.29) is 42.9 Å². The Hall–Kier alpha value is -2.98. The number of carbonyl (C=O) groups excluding carboxylic acids is 3. The first-order valence-corrected chi connectivity index (χ1v) is 11.8. The van der Waals surface area contributed by atoms with Crippen molar-refractivity contribution >= 4 is 38.6 Å². The fourth-order valence-electron chi connectivity index (χ4n) is 2.93. The van der Waals surface area contributed by atoms with Crippen LogP contribution in [0.15, 0.2) is 47.4 Å².